The molecule has 1 aliphatic heterocycles. The Bertz CT molecular complexity index is 394. The highest BCUT2D eigenvalue weighted by molar-refractivity contribution is 7.10. The van der Waals surface area contributed by atoms with E-state index in [9.17, 15) is 4.79 Å². The lowest BCUT2D eigenvalue weighted by Gasteiger charge is -2.34. The van der Waals surface area contributed by atoms with E-state index in [0.29, 0.717) is 18.4 Å². The highest BCUT2D eigenvalue weighted by Gasteiger charge is 2.23. The highest BCUT2D eigenvalue weighted by atomic mass is 32.1. The van der Waals surface area contributed by atoms with Gasteiger partial charge in [0.2, 0.25) is 5.91 Å². The van der Waals surface area contributed by atoms with Gasteiger partial charge in [-0.05, 0) is 36.6 Å². The molecule has 0 aliphatic carbocycles. The van der Waals surface area contributed by atoms with Gasteiger partial charge in [-0.15, -0.1) is 11.3 Å². The van der Waals surface area contributed by atoms with Crippen LogP contribution in [0.1, 0.15) is 38.1 Å². The number of likely N-dealkylation sites (tertiary alicyclic amines) is 1. The van der Waals surface area contributed by atoms with Gasteiger partial charge in [-0.1, -0.05) is 19.9 Å². The number of amides is 1. The predicted octanol–water partition coefficient (Wildman–Crippen LogP) is 2.90. The Labute approximate surface area is 120 Å². The van der Waals surface area contributed by atoms with Crippen LogP contribution in [0.4, 0.5) is 0 Å². The van der Waals surface area contributed by atoms with Crippen LogP contribution in [0.3, 0.4) is 0 Å². The molecule has 0 aromatic carbocycles. The predicted molar refractivity (Wildman–Crippen MR) is 80.3 cm³/mol. The molecule has 1 N–H and O–H groups in total. The number of hydrogen-bond donors (Lipinski definition) is 1. The van der Waals surface area contributed by atoms with E-state index < -0.39 is 0 Å². The summed E-state index contributed by atoms with van der Waals surface area (Å²) in [5, 5.41) is 5.14. The van der Waals surface area contributed by atoms with Crippen molar-refractivity contribution in [2.75, 3.05) is 19.6 Å². The first-order valence-electron chi connectivity index (χ1n) is 7.09. The quantitative estimate of drug-likeness (QED) is 0.920. The molecule has 0 saturated carbocycles. The first-order valence-corrected chi connectivity index (χ1v) is 7.97. The smallest absolute Gasteiger partial charge is 0.234 e. The zero-order valence-corrected chi connectivity index (χ0v) is 12.9. The first-order chi connectivity index (χ1) is 9.04. The number of nitrogens with one attached hydrogen (secondary N) is 1. The number of carbonyl (C=O) groups excluding carboxylic acids is 1. The van der Waals surface area contributed by atoms with Crippen molar-refractivity contribution in [3.05, 3.63) is 22.4 Å². The van der Waals surface area contributed by atoms with E-state index in [0.717, 1.165) is 13.1 Å². The van der Waals surface area contributed by atoms with Gasteiger partial charge >= 0.3 is 0 Å². The Morgan fingerprint density at radius 3 is 2.74 bits per heavy atom. The molecule has 1 fully saturated rings. The average Bonchev–Trinajstić information content (AvgIpc) is 2.80. The lowest BCUT2D eigenvalue weighted by molar-refractivity contribution is -0.123. The molecule has 1 aliphatic rings. The maximum absolute atomic E-state index is 12.1. The third-order valence-corrected chi connectivity index (χ3v) is 4.71. The van der Waals surface area contributed by atoms with E-state index in [1.165, 1.54) is 11.3 Å². The van der Waals surface area contributed by atoms with Crippen LogP contribution >= 0.6 is 11.3 Å². The van der Waals surface area contributed by atoms with Crippen molar-refractivity contribution in [2.45, 2.75) is 33.2 Å². The molecule has 3 atom stereocenters. The molecule has 2 rings (SSSR count). The van der Waals surface area contributed by atoms with Gasteiger partial charge in [0.25, 0.3) is 0 Å². The van der Waals surface area contributed by atoms with Crippen molar-refractivity contribution >= 4 is 17.2 Å². The van der Waals surface area contributed by atoms with Gasteiger partial charge in [-0.3, -0.25) is 9.69 Å². The number of thiophene rings is 1. The van der Waals surface area contributed by atoms with Crippen molar-refractivity contribution in [1.29, 1.82) is 0 Å². The van der Waals surface area contributed by atoms with E-state index in [1.54, 1.807) is 11.3 Å². The van der Waals surface area contributed by atoms with E-state index in [2.05, 4.69) is 30.1 Å². The summed E-state index contributed by atoms with van der Waals surface area (Å²) in [6, 6.07) is 4.21. The van der Waals surface area contributed by atoms with Gasteiger partial charge < -0.3 is 5.32 Å². The molecule has 1 saturated heterocycles. The topological polar surface area (TPSA) is 32.3 Å². The summed E-state index contributed by atoms with van der Waals surface area (Å²) in [5.41, 5.74) is 0. The SMILES string of the molecule is C[C@@H]1C[C@@H](C)CN(CC(=O)N[C@@H](C)c2cccs2)C1. The number of carbonyl (C=O) groups is 1. The Morgan fingerprint density at radius 2 is 2.16 bits per heavy atom. The maximum atomic E-state index is 12.1. The summed E-state index contributed by atoms with van der Waals surface area (Å²) in [4.78, 5) is 15.6. The maximum Gasteiger partial charge on any atom is 0.234 e. The number of nitrogens with zero attached hydrogens (tertiary/aromatic N) is 1. The fraction of sp³-hybridized carbons (Fsp3) is 0.667. The minimum atomic E-state index is 0.118. The Hall–Kier alpha value is -0.870. The summed E-state index contributed by atoms with van der Waals surface area (Å²) in [6.07, 6.45) is 1.28. The zero-order chi connectivity index (χ0) is 13.8. The van der Waals surface area contributed by atoms with Crippen molar-refractivity contribution in [3.63, 3.8) is 0 Å². The van der Waals surface area contributed by atoms with E-state index >= 15 is 0 Å². The van der Waals surface area contributed by atoms with Crippen molar-refractivity contribution < 1.29 is 4.79 Å². The fourth-order valence-electron chi connectivity index (χ4n) is 3.02. The second kappa shape index (κ2) is 6.53. The molecule has 1 aromatic heterocycles. The summed E-state index contributed by atoms with van der Waals surface area (Å²) < 4.78 is 0. The zero-order valence-electron chi connectivity index (χ0n) is 12.1. The molecule has 0 spiro atoms. The highest BCUT2D eigenvalue weighted by Crippen LogP contribution is 2.21. The molecule has 1 aromatic rings. The van der Waals surface area contributed by atoms with Crippen LogP contribution in [0.25, 0.3) is 0 Å². The Morgan fingerprint density at radius 1 is 1.47 bits per heavy atom. The molecular formula is C15H24N2OS. The second-order valence-electron chi connectivity index (χ2n) is 5.94. The summed E-state index contributed by atoms with van der Waals surface area (Å²) >= 11 is 1.69. The number of piperidine rings is 1. The number of rotatable bonds is 4. The minimum absolute atomic E-state index is 0.118. The monoisotopic (exact) mass is 280 g/mol. The molecular weight excluding hydrogens is 256 g/mol. The normalized spacial score (nSPS) is 26.1. The first kappa shape index (κ1) is 14.5. The van der Waals surface area contributed by atoms with Crippen LogP contribution < -0.4 is 5.32 Å². The molecule has 106 valence electrons. The van der Waals surface area contributed by atoms with Crippen LogP contribution in [0.2, 0.25) is 0 Å². The lowest BCUT2D eigenvalue weighted by Crippen LogP contribution is -2.44. The van der Waals surface area contributed by atoms with Crippen LogP contribution in [-0.4, -0.2) is 30.4 Å². The van der Waals surface area contributed by atoms with Crippen LogP contribution in [0.15, 0.2) is 17.5 Å². The minimum Gasteiger partial charge on any atom is -0.348 e. The van der Waals surface area contributed by atoms with Crippen LogP contribution in [0, 0.1) is 11.8 Å². The average molecular weight is 280 g/mol. The standard InChI is InChI=1S/C15H24N2OS/c1-11-7-12(2)9-17(8-11)10-15(18)16-13(3)14-5-4-6-19-14/h4-6,11-13H,7-10H2,1-3H3,(H,16,18)/t11-,12-,13+/m1/s1. The Balaban J connectivity index is 1.81. The molecule has 3 nitrogen and oxygen atoms in total. The third-order valence-electron chi connectivity index (χ3n) is 3.66. The van der Waals surface area contributed by atoms with E-state index in [4.69, 9.17) is 0 Å². The molecule has 4 heteroatoms. The number of hydrogen-bond acceptors (Lipinski definition) is 3. The summed E-state index contributed by atoms with van der Waals surface area (Å²) in [6.45, 7) is 9.22. The van der Waals surface area contributed by atoms with Gasteiger partial charge in [-0.25, -0.2) is 0 Å². The van der Waals surface area contributed by atoms with Crippen molar-refractivity contribution in [2.24, 2.45) is 11.8 Å². The summed E-state index contributed by atoms with van der Waals surface area (Å²) in [5.74, 6) is 1.54. The molecule has 2 heterocycles. The van der Waals surface area contributed by atoms with Gasteiger partial charge in [-0.2, -0.15) is 0 Å². The van der Waals surface area contributed by atoms with Crippen LogP contribution in [-0.2, 0) is 4.79 Å². The van der Waals surface area contributed by atoms with Gasteiger partial charge in [0.15, 0.2) is 0 Å². The third kappa shape index (κ3) is 4.32. The molecule has 1 amide bonds. The largest absolute Gasteiger partial charge is 0.348 e. The van der Waals surface area contributed by atoms with E-state index in [1.807, 2.05) is 18.4 Å². The molecule has 19 heavy (non-hydrogen) atoms. The van der Waals surface area contributed by atoms with Crippen molar-refractivity contribution in [3.8, 4) is 0 Å². The van der Waals surface area contributed by atoms with E-state index in [-0.39, 0.29) is 11.9 Å². The van der Waals surface area contributed by atoms with Gasteiger partial charge in [0.1, 0.15) is 0 Å². The molecule has 0 bridgehead atoms. The second-order valence-corrected chi connectivity index (χ2v) is 6.92. The molecule has 0 unspecified atom stereocenters. The summed E-state index contributed by atoms with van der Waals surface area (Å²) in [7, 11) is 0. The van der Waals surface area contributed by atoms with Crippen molar-refractivity contribution in [1.82, 2.24) is 10.2 Å². The van der Waals surface area contributed by atoms with Crippen LogP contribution in [0.5, 0.6) is 0 Å². The Kier molecular flexibility index (Phi) is 4.99. The van der Waals surface area contributed by atoms with Gasteiger partial charge in [0.05, 0.1) is 12.6 Å². The van der Waals surface area contributed by atoms with Gasteiger partial charge in [0, 0.05) is 18.0 Å². The molecule has 0 radical (unpaired) electrons. The fourth-order valence-corrected chi connectivity index (χ4v) is 3.75. The lowest BCUT2D eigenvalue weighted by atomic mass is 9.92.